The van der Waals surface area contributed by atoms with Gasteiger partial charge in [0.1, 0.15) is 5.60 Å². The van der Waals surface area contributed by atoms with E-state index in [1.807, 2.05) is 0 Å². The Labute approximate surface area is 117 Å². The molecule has 0 fully saturated rings. The van der Waals surface area contributed by atoms with Crippen LogP contribution in [0.2, 0.25) is 0 Å². The van der Waals surface area contributed by atoms with Crippen molar-refractivity contribution in [1.82, 2.24) is 5.32 Å². The van der Waals surface area contributed by atoms with Crippen LogP contribution in [0.25, 0.3) is 0 Å². The second-order valence-corrected chi connectivity index (χ2v) is 5.26. The zero-order valence-electron chi connectivity index (χ0n) is 11.8. The molecule has 0 aliphatic rings. The fraction of sp³-hybridized carbons (Fsp3) is 0.333. The average molecular weight is 279 g/mol. The van der Waals surface area contributed by atoms with Crippen molar-refractivity contribution in [3.8, 4) is 0 Å². The number of esters is 1. The van der Waals surface area contributed by atoms with Crippen LogP contribution >= 0.6 is 0 Å². The maximum atomic E-state index is 12.8. The minimum atomic E-state index is -1.16. The molecule has 0 unspecified atom stereocenters. The Morgan fingerprint density at radius 1 is 1.25 bits per heavy atom. The van der Waals surface area contributed by atoms with Crippen LogP contribution in [-0.4, -0.2) is 17.5 Å². The lowest BCUT2D eigenvalue weighted by atomic mass is 10.1. The molecule has 0 aliphatic heterocycles. The highest BCUT2D eigenvalue weighted by Gasteiger charge is 2.28. The molecule has 1 aromatic rings. The van der Waals surface area contributed by atoms with Crippen molar-refractivity contribution in [1.29, 1.82) is 0 Å². The van der Waals surface area contributed by atoms with E-state index in [1.54, 1.807) is 51.1 Å². The second-order valence-electron chi connectivity index (χ2n) is 5.26. The van der Waals surface area contributed by atoms with Crippen LogP contribution < -0.4 is 5.32 Å². The Morgan fingerprint density at radius 3 is 2.25 bits per heavy atom. The third-order valence-electron chi connectivity index (χ3n) is 2.30. The third-order valence-corrected chi connectivity index (χ3v) is 2.30. The van der Waals surface area contributed by atoms with Crippen molar-refractivity contribution in [2.75, 3.05) is 0 Å². The van der Waals surface area contributed by atoms with E-state index in [2.05, 4.69) is 11.9 Å². The number of halogens is 1. The van der Waals surface area contributed by atoms with Gasteiger partial charge in [0.15, 0.2) is 11.9 Å². The van der Waals surface area contributed by atoms with Gasteiger partial charge in [-0.05, 0) is 26.3 Å². The lowest BCUT2D eigenvalue weighted by molar-refractivity contribution is -0.158. The first-order chi connectivity index (χ1) is 9.20. The van der Waals surface area contributed by atoms with Crippen LogP contribution in [0.15, 0.2) is 42.7 Å². The molecular weight excluding hydrogens is 261 g/mol. The standard InChI is InChI=1S/C15H18FNO3/c1-10(16)13(18)17-12(11-8-6-5-7-9-11)14(19)20-15(2,3)4/h5-9,12H,1H2,2-4H3,(H,17,18)/t12-/m0/s1. The van der Waals surface area contributed by atoms with E-state index >= 15 is 0 Å². The number of hydrogen-bond donors (Lipinski definition) is 1. The van der Waals surface area contributed by atoms with Crippen molar-refractivity contribution < 1.29 is 18.7 Å². The normalized spacial score (nSPS) is 12.4. The molecule has 0 radical (unpaired) electrons. The summed E-state index contributed by atoms with van der Waals surface area (Å²) in [5.41, 5.74) is -0.196. The molecule has 1 amide bonds. The summed E-state index contributed by atoms with van der Waals surface area (Å²) >= 11 is 0. The van der Waals surface area contributed by atoms with Gasteiger partial charge >= 0.3 is 5.97 Å². The Bertz CT molecular complexity index is 506. The largest absolute Gasteiger partial charge is 0.458 e. The van der Waals surface area contributed by atoms with Gasteiger partial charge in [0, 0.05) is 0 Å². The summed E-state index contributed by atoms with van der Waals surface area (Å²) in [6.07, 6.45) is 0. The van der Waals surface area contributed by atoms with E-state index in [1.165, 1.54) is 0 Å². The SMILES string of the molecule is C=C(F)C(=O)N[C@H](C(=O)OC(C)(C)C)c1ccccc1. The van der Waals surface area contributed by atoms with Crippen LogP contribution in [0.3, 0.4) is 0 Å². The van der Waals surface area contributed by atoms with Crippen LogP contribution in [0.5, 0.6) is 0 Å². The quantitative estimate of drug-likeness (QED) is 0.681. The number of amides is 1. The van der Waals surface area contributed by atoms with Gasteiger partial charge in [0.2, 0.25) is 0 Å². The number of carbonyl (C=O) groups excluding carboxylic acids is 2. The van der Waals surface area contributed by atoms with Gasteiger partial charge < -0.3 is 10.1 Å². The molecule has 1 N–H and O–H groups in total. The van der Waals surface area contributed by atoms with Gasteiger partial charge in [-0.15, -0.1) is 0 Å². The molecule has 1 atom stereocenters. The molecule has 4 nitrogen and oxygen atoms in total. The molecule has 0 aliphatic carbocycles. The van der Waals surface area contributed by atoms with Gasteiger partial charge in [-0.3, -0.25) is 4.79 Å². The predicted octanol–water partition coefficient (Wildman–Crippen LogP) is 2.67. The molecule has 0 bridgehead atoms. The zero-order valence-corrected chi connectivity index (χ0v) is 11.8. The summed E-state index contributed by atoms with van der Waals surface area (Å²) in [5, 5.41) is 2.27. The van der Waals surface area contributed by atoms with E-state index in [4.69, 9.17) is 4.74 Å². The van der Waals surface area contributed by atoms with Gasteiger partial charge in [-0.2, -0.15) is 0 Å². The summed E-state index contributed by atoms with van der Waals surface area (Å²) in [5.74, 6) is -2.85. The van der Waals surface area contributed by atoms with Crippen molar-refractivity contribution in [3.05, 3.63) is 48.3 Å². The zero-order chi connectivity index (χ0) is 15.3. The van der Waals surface area contributed by atoms with Gasteiger partial charge in [-0.1, -0.05) is 36.9 Å². The van der Waals surface area contributed by atoms with E-state index < -0.39 is 29.3 Å². The lowest BCUT2D eigenvalue weighted by Gasteiger charge is -2.24. The van der Waals surface area contributed by atoms with Crippen molar-refractivity contribution in [2.24, 2.45) is 0 Å². The highest BCUT2D eigenvalue weighted by Crippen LogP contribution is 2.19. The first kappa shape index (κ1) is 15.9. The maximum absolute atomic E-state index is 12.8. The van der Waals surface area contributed by atoms with Crippen molar-refractivity contribution in [2.45, 2.75) is 32.4 Å². The number of nitrogens with one attached hydrogen (secondary N) is 1. The van der Waals surface area contributed by atoms with Crippen LogP contribution in [0, 0.1) is 0 Å². The second kappa shape index (κ2) is 6.32. The number of hydrogen-bond acceptors (Lipinski definition) is 3. The summed E-state index contributed by atoms with van der Waals surface area (Å²) in [6, 6.07) is 7.42. The van der Waals surface area contributed by atoms with Gasteiger partial charge in [0.05, 0.1) is 0 Å². The minimum absolute atomic E-state index is 0.511. The van der Waals surface area contributed by atoms with Crippen molar-refractivity contribution in [3.63, 3.8) is 0 Å². The fourth-order valence-corrected chi connectivity index (χ4v) is 1.49. The third kappa shape index (κ3) is 4.84. The highest BCUT2D eigenvalue weighted by atomic mass is 19.1. The van der Waals surface area contributed by atoms with Crippen LogP contribution in [-0.2, 0) is 14.3 Å². The Hall–Kier alpha value is -2.17. The summed E-state index contributed by atoms with van der Waals surface area (Å²) in [4.78, 5) is 23.5. The Morgan fingerprint density at radius 2 is 1.80 bits per heavy atom. The molecule has 0 saturated heterocycles. The van der Waals surface area contributed by atoms with E-state index in [9.17, 15) is 14.0 Å². The monoisotopic (exact) mass is 279 g/mol. The highest BCUT2D eigenvalue weighted by molar-refractivity contribution is 5.94. The number of rotatable bonds is 4. The summed E-state index contributed by atoms with van der Waals surface area (Å²) in [7, 11) is 0. The first-order valence-corrected chi connectivity index (χ1v) is 6.14. The number of carbonyl (C=O) groups is 2. The molecule has 1 aromatic carbocycles. The molecule has 0 heterocycles. The van der Waals surface area contributed by atoms with E-state index in [0.29, 0.717) is 5.56 Å². The molecule has 5 heteroatoms. The topological polar surface area (TPSA) is 55.4 Å². The predicted molar refractivity (Wildman–Crippen MR) is 73.4 cm³/mol. The Kier molecular flexibility index (Phi) is 5.02. The number of benzene rings is 1. The molecule has 0 spiro atoms. The van der Waals surface area contributed by atoms with Gasteiger partial charge in [-0.25, -0.2) is 9.18 Å². The minimum Gasteiger partial charge on any atom is -0.458 e. The van der Waals surface area contributed by atoms with Crippen LogP contribution in [0.1, 0.15) is 32.4 Å². The average Bonchev–Trinajstić information content (AvgIpc) is 2.34. The summed E-state index contributed by atoms with van der Waals surface area (Å²) in [6.45, 7) is 8.04. The van der Waals surface area contributed by atoms with Crippen LogP contribution in [0.4, 0.5) is 4.39 Å². The molecule has 1 rings (SSSR count). The van der Waals surface area contributed by atoms with E-state index in [-0.39, 0.29) is 0 Å². The molecule has 0 saturated carbocycles. The molecule has 20 heavy (non-hydrogen) atoms. The molecular formula is C15H18FNO3. The van der Waals surface area contributed by atoms with E-state index in [0.717, 1.165) is 0 Å². The fourth-order valence-electron chi connectivity index (χ4n) is 1.49. The maximum Gasteiger partial charge on any atom is 0.333 e. The molecule has 0 aromatic heterocycles. The number of ether oxygens (including phenoxy) is 1. The first-order valence-electron chi connectivity index (χ1n) is 6.14. The van der Waals surface area contributed by atoms with Gasteiger partial charge in [0.25, 0.3) is 5.91 Å². The smallest absolute Gasteiger partial charge is 0.333 e. The molecule has 108 valence electrons. The summed E-state index contributed by atoms with van der Waals surface area (Å²) < 4.78 is 18.0. The van der Waals surface area contributed by atoms with Crippen molar-refractivity contribution >= 4 is 11.9 Å². The lowest BCUT2D eigenvalue weighted by Crippen LogP contribution is -2.38. The Balaban J connectivity index is 2.99.